The van der Waals surface area contributed by atoms with Gasteiger partial charge in [-0.15, -0.1) is 11.3 Å². The van der Waals surface area contributed by atoms with E-state index in [9.17, 15) is 4.79 Å². The normalized spacial score (nSPS) is 10.6. The molecule has 2 heterocycles. The Labute approximate surface area is 126 Å². The summed E-state index contributed by atoms with van der Waals surface area (Å²) >= 11 is 1.34. The van der Waals surface area contributed by atoms with Crippen molar-refractivity contribution in [2.24, 2.45) is 5.84 Å². The molecule has 5 nitrogen and oxygen atoms in total. The average Bonchev–Trinajstić information content (AvgIpc) is 3.16. The highest BCUT2D eigenvalue weighted by Gasteiger charge is 2.15. The van der Waals surface area contributed by atoms with Crippen LogP contribution >= 0.6 is 11.3 Å². The van der Waals surface area contributed by atoms with Crippen LogP contribution in [0.4, 0.5) is 0 Å². The van der Waals surface area contributed by atoms with Gasteiger partial charge in [0.05, 0.1) is 5.69 Å². The van der Waals surface area contributed by atoms with E-state index in [1.165, 1.54) is 11.3 Å². The number of hydrazine groups is 1. The van der Waals surface area contributed by atoms with Crippen molar-refractivity contribution in [3.8, 4) is 16.3 Å². The Kier molecular flexibility index (Phi) is 3.55. The van der Waals surface area contributed by atoms with Gasteiger partial charge in [-0.05, 0) is 31.2 Å². The molecule has 0 aliphatic heterocycles. The minimum Gasteiger partial charge on any atom is -0.324 e. The molecule has 3 aromatic rings. The number of rotatable bonds is 3. The second kappa shape index (κ2) is 5.51. The van der Waals surface area contributed by atoms with E-state index in [0.717, 1.165) is 16.3 Å². The fourth-order valence-electron chi connectivity index (χ4n) is 2.10. The van der Waals surface area contributed by atoms with E-state index >= 15 is 0 Å². The minimum absolute atomic E-state index is 0.308. The lowest BCUT2D eigenvalue weighted by molar-refractivity contribution is 0.0957. The number of benzene rings is 1. The summed E-state index contributed by atoms with van der Waals surface area (Å²) in [4.78, 5) is 16.7. The molecule has 6 heteroatoms. The molecule has 0 saturated carbocycles. The number of nitrogens with zero attached hydrogens (tertiary/aromatic N) is 2. The standard InChI is InChI=1S/C15H14N4OS/c1-10-13(14(20)18-16)21-15(17-10)11-5-4-6-12(9-11)19-7-2-3-8-19/h2-9H,16H2,1H3,(H,18,20). The van der Waals surface area contributed by atoms with E-state index in [-0.39, 0.29) is 5.91 Å². The number of carbonyl (C=O) groups is 1. The summed E-state index contributed by atoms with van der Waals surface area (Å²) in [6.07, 6.45) is 3.97. The summed E-state index contributed by atoms with van der Waals surface area (Å²) in [6.45, 7) is 1.81. The Hall–Kier alpha value is -2.44. The maximum Gasteiger partial charge on any atom is 0.277 e. The summed E-state index contributed by atoms with van der Waals surface area (Å²) in [6, 6.07) is 12.0. The van der Waals surface area contributed by atoms with Crippen molar-refractivity contribution in [1.29, 1.82) is 0 Å². The Morgan fingerprint density at radius 2 is 2.05 bits per heavy atom. The third kappa shape index (κ3) is 2.58. The maximum absolute atomic E-state index is 11.7. The lowest BCUT2D eigenvalue weighted by Gasteiger charge is -2.04. The zero-order valence-corrected chi connectivity index (χ0v) is 12.2. The van der Waals surface area contributed by atoms with Crippen LogP contribution in [0.5, 0.6) is 0 Å². The van der Waals surface area contributed by atoms with Gasteiger partial charge in [0.2, 0.25) is 0 Å². The lowest BCUT2D eigenvalue weighted by Crippen LogP contribution is -2.29. The largest absolute Gasteiger partial charge is 0.324 e. The van der Waals surface area contributed by atoms with Crippen molar-refractivity contribution in [2.75, 3.05) is 0 Å². The van der Waals surface area contributed by atoms with Crippen LogP contribution in [0.15, 0.2) is 48.8 Å². The molecule has 0 radical (unpaired) electrons. The predicted octanol–water partition coefficient (Wildman–Crippen LogP) is 2.51. The van der Waals surface area contributed by atoms with Gasteiger partial charge in [-0.3, -0.25) is 10.2 Å². The van der Waals surface area contributed by atoms with Crippen molar-refractivity contribution < 1.29 is 4.79 Å². The van der Waals surface area contributed by atoms with Crippen LogP contribution in [0.2, 0.25) is 0 Å². The van der Waals surface area contributed by atoms with Crippen LogP contribution in [0.1, 0.15) is 15.4 Å². The Bertz CT molecular complexity index is 777. The van der Waals surface area contributed by atoms with Gasteiger partial charge < -0.3 is 4.57 Å². The Morgan fingerprint density at radius 3 is 2.76 bits per heavy atom. The Balaban J connectivity index is 2.01. The first-order valence-corrected chi connectivity index (χ1v) is 7.23. The molecule has 0 unspecified atom stereocenters. The van der Waals surface area contributed by atoms with E-state index in [1.807, 2.05) is 53.4 Å². The maximum atomic E-state index is 11.7. The van der Waals surface area contributed by atoms with E-state index in [2.05, 4.69) is 10.4 Å². The molecular weight excluding hydrogens is 284 g/mol. The predicted molar refractivity (Wildman–Crippen MR) is 83.3 cm³/mol. The number of nitrogens with two attached hydrogens (primary N) is 1. The van der Waals surface area contributed by atoms with Gasteiger partial charge in [0.1, 0.15) is 9.88 Å². The van der Waals surface area contributed by atoms with Crippen LogP contribution in [-0.4, -0.2) is 15.5 Å². The highest BCUT2D eigenvalue weighted by Crippen LogP contribution is 2.29. The highest BCUT2D eigenvalue weighted by molar-refractivity contribution is 7.17. The van der Waals surface area contributed by atoms with Crippen LogP contribution in [0.3, 0.4) is 0 Å². The molecule has 0 bridgehead atoms. The number of thiazole rings is 1. The van der Waals surface area contributed by atoms with Crippen molar-refractivity contribution in [3.05, 3.63) is 59.4 Å². The first-order chi connectivity index (χ1) is 10.2. The van der Waals surface area contributed by atoms with Gasteiger partial charge >= 0.3 is 0 Å². The van der Waals surface area contributed by atoms with E-state index < -0.39 is 0 Å². The topological polar surface area (TPSA) is 72.9 Å². The number of amides is 1. The van der Waals surface area contributed by atoms with Gasteiger partial charge in [0, 0.05) is 23.6 Å². The first-order valence-electron chi connectivity index (χ1n) is 6.41. The van der Waals surface area contributed by atoms with Gasteiger partial charge in [-0.25, -0.2) is 10.8 Å². The number of aryl methyl sites for hydroxylation is 1. The Morgan fingerprint density at radius 1 is 1.29 bits per heavy atom. The minimum atomic E-state index is -0.308. The third-order valence-corrected chi connectivity index (χ3v) is 4.33. The molecule has 3 rings (SSSR count). The highest BCUT2D eigenvalue weighted by atomic mass is 32.1. The van der Waals surface area contributed by atoms with Crippen molar-refractivity contribution in [2.45, 2.75) is 6.92 Å². The number of nitrogen functional groups attached to an aromatic ring is 1. The van der Waals surface area contributed by atoms with Crippen molar-refractivity contribution in [3.63, 3.8) is 0 Å². The van der Waals surface area contributed by atoms with Crippen LogP contribution < -0.4 is 11.3 Å². The molecule has 0 atom stereocenters. The third-order valence-electron chi connectivity index (χ3n) is 3.13. The number of hydrogen-bond donors (Lipinski definition) is 2. The second-order valence-electron chi connectivity index (χ2n) is 4.55. The molecule has 0 fully saturated rings. The zero-order valence-electron chi connectivity index (χ0n) is 11.4. The molecule has 0 spiro atoms. The first kappa shape index (κ1) is 13.5. The SMILES string of the molecule is Cc1nc(-c2cccc(-n3cccc3)c2)sc1C(=O)NN. The summed E-state index contributed by atoms with van der Waals surface area (Å²) < 4.78 is 2.03. The molecule has 21 heavy (non-hydrogen) atoms. The van der Waals surface area contributed by atoms with Gasteiger partial charge in [-0.2, -0.15) is 0 Å². The van der Waals surface area contributed by atoms with Crippen LogP contribution in [0, 0.1) is 6.92 Å². The number of carbonyl (C=O) groups excluding carboxylic acids is 1. The number of nitrogens with one attached hydrogen (secondary N) is 1. The van der Waals surface area contributed by atoms with Crippen molar-refractivity contribution >= 4 is 17.2 Å². The van der Waals surface area contributed by atoms with Crippen LogP contribution in [0.25, 0.3) is 16.3 Å². The fraction of sp³-hybridized carbons (Fsp3) is 0.0667. The summed E-state index contributed by atoms with van der Waals surface area (Å²) in [5.74, 6) is 4.88. The molecule has 2 aromatic heterocycles. The quantitative estimate of drug-likeness (QED) is 0.443. The monoisotopic (exact) mass is 298 g/mol. The molecule has 0 saturated heterocycles. The molecular formula is C15H14N4OS. The molecule has 0 aliphatic carbocycles. The number of hydrogen-bond acceptors (Lipinski definition) is 4. The van der Waals surface area contributed by atoms with Gasteiger partial charge in [0.15, 0.2) is 0 Å². The van der Waals surface area contributed by atoms with Crippen molar-refractivity contribution in [1.82, 2.24) is 15.0 Å². The molecule has 106 valence electrons. The lowest BCUT2D eigenvalue weighted by atomic mass is 10.2. The van der Waals surface area contributed by atoms with E-state index in [0.29, 0.717) is 10.6 Å². The molecule has 1 aromatic carbocycles. The summed E-state index contributed by atoms with van der Waals surface area (Å²) in [5.41, 5.74) is 4.86. The molecule has 0 aliphatic rings. The van der Waals surface area contributed by atoms with Gasteiger partial charge in [-0.1, -0.05) is 12.1 Å². The van der Waals surface area contributed by atoms with Crippen LogP contribution in [-0.2, 0) is 0 Å². The summed E-state index contributed by atoms with van der Waals surface area (Å²) in [5, 5.41) is 0.806. The zero-order chi connectivity index (χ0) is 14.8. The number of aromatic nitrogens is 2. The molecule has 3 N–H and O–H groups in total. The fourth-order valence-corrected chi connectivity index (χ4v) is 3.07. The smallest absolute Gasteiger partial charge is 0.277 e. The van der Waals surface area contributed by atoms with E-state index in [1.54, 1.807) is 6.92 Å². The average molecular weight is 298 g/mol. The second-order valence-corrected chi connectivity index (χ2v) is 5.55. The van der Waals surface area contributed by atoms with E-state index in [4.69, 9.17) is 5.84 Å². The molecule has 1 amide bonds. The summed E-state index contributed by atoms with van der Waals surface area (Å²) in [7, 11) is 0. The van der Waals surface area contributed by atoms with Gasteiger partial charge in [0.25, 0.3) is 5.91 Å².